The van der Waals surface area contributed by atoms with Crippen molar-refractivity contribution in [3.05, 3.63) is 23.8 Å². The lowest BCUT2D eigenvalue weighted by molar-refractivity contribution is 0.0376. The van der Waals surface area contributed by atoms with Crippen molar-refractivity contribution in [3.63, 3.8) is 0 Å². The maximum Gasteiger partial charge on any atom is 0.188 e. The van der Waals surface area contributed by atoms with Crippen LogP contribution in [0, 0.1) is 0 Å². The molecule has 0 saturated carbocycles. The van der Waals surface area contributed by atoms with E-state index in [0.717, 1.165) is 75.7 Å². The van der Waals surface area contributed by atoms with Crippen molar-refractivity contribution in [3.8, 4) is 11.5 Å². The van der Waals surface area contributed by atoms with Gasteiger partial charge in [0.2, 0.25) is 0 Å². The van der Waals surface area contributed by atoms with Crippen LogP contribution in [0.15, 0.2) is 23.2 Å². The number of aliphatic imine (C=N–C) groups is 1. The molecule has 0 amide bonds. The third-order valence-electron chi connectivity index (χ3n) is 4.43. The van der Waals surface area contributed by atoms with Gasteiger partial charge < -0.3 is 25.3 Å². The van der Waals surface area contributed by atoms with Crippen molar-refractivity contribution in [1.82, 2.24) is 10.2 Å². The molecule has 0 aromatic heterocycles. The van der Waals surface area contributed by atoms with Gasteiger partial charge in [0, 0.05) is 26.2 Å². The zero-order chi connectivity index (χ0) is 18.6. The largest absolute Gasteiger partial charge is 0.497 e. The van der Waals surface area contributed by atoms with E-state index in [4.69, 9.17) is 19.9 Å². The van der Waals surface area contributed by atoms with Crippen molar-refractivity contribution >= 4 is 5.96 Å². The summed E-state index contributed by atoms with van der Waals surface area (Å²) in [5, 5.41) is 3.19. The van der Waals surface area contributed by atoms with Gasteiger partial charge in [0.1, 0.15) is 11.5 Å². The molecule has 26 heavy (non-hydrogen) atoms. The molecule has 1 aromatic rings. The van der Waals surface area contributed by atoms with Gasteiger partial charge in [-0.1, -0.05) is 0 Å². The highest BCUT2D eigenvalue weighted by atomic mass is 16.5. The number of nitrogens with two attached hydrogens (primary N) is 1. The summed E-state index contributed by atoms with van der Waals surface area (Å²) in [5.74, 6) is 2.24. The number of nitrogens with one attached hydrogen (secondary N) is 1. The van der Waals surface area contributed by atoms with E-state index in [1.54, 1.807) is 14.2 Å². The van der Waals surface area contributed by atoms with Gasteiger partial charge in [-0.05, 0) is 49.6 Å². The Morgan fingerprint density at radius 2 is 2.04 bits per heavy atom. The minimum Gasteiger partial charge on any atom is -0.497 e. The molecule has 0 unspecified atom stereocenters. The van der Waals surface area contributed by atoms with E-state index in [1.165, 1.54) is 0 Å². The molecule has 1 aliphatic heterocycles. The van der Waals surface area contributed by atoms with Gasteiger partial charge in [0.25, 0.3) is 0 Å². The number of hydrogen-bond acceptors (Lipinski definition) is 5. The highest BCUT2D eigenvalue weighted by molar-refractivity contribution is 5.77. The number of aryl methyl sites for hydroxylation is 1. The quantitative estimate of drug-likeness (QED) is 0.370. The molecular weight excluding hydrogens is 332 g/mol. The molecule has 1 aromatic carbocycles. The van der Waals surface area contributed by atoms with Crippen molar-refractivity contribution in [2.24, 2.45) is 10.7 Å². The highest BCUT2D eigenvalue weighted by Gasteiger charge is 2.09. The van der Waals surface area contributed by atoms with Gasteiger partial charge in [-0.3, -0.25) is 9.89 Å². The smallest absolute Gasteiger partial charge is 0.188 e. The van der Waals surface area contributed by atoms with Crippen LogP contribution in [0.1, 0.15) is 18.4 Å². The number of ether oxygens (including phenoxy) is 3. The lowest BCUT2D eigenvalue weighted by atomic mass is 10.1. The summed E-state index contributed by atoms with van der Waals surface area (Å²) < 4.78 is 16.0. The monoisotopic (exact) mass is 364 g/mol. The molecule has 7 heteroatoms. The second-order valence-electron chi connectivity index (χ2n) is 6.28. The molecule has 2 rings (SSSR count). The first-order valence-electron chi connectivity index (χ1n) is 9.27. The third kappa shape index (κ3) is 7.09. The molecule has 0 radical (unpaired) electrons. The lowest BCUT2D eigenvalue weighted by Crippen LogP contribution is -2.39. The third-order valence-corrected chi connectivity index (χ3v) is 4.43. The molecule has 0 aliphatic carbocycles. The van der Waals surface area contributed by atoms with Crippen LogP contribution in [0.3, 0.4) is 0 Å². The maximum atomic E-state index is 5.93. The van der Waals surface area contributed by atoms with Crippen LogP contribution < -0.4 is 20.5 Å². The Kier molecular flexibility index (Phi) is 9.06. The Hall–Kier alpha value is -1.99. The van der Waals surface area contributed by atoms with Crippen molar-refractivity contribution in [1.29, 1.82) is 0 Å². The molecule has 146 valence electrons. The Labute approximate surface area is 156 Å². The number of rotatable bonds is 10. The zero-order valence-electron chi connectivity index (χ0n) is 16.0. The molecule has 1 saturated heterocycles. The fraction of sp³-hybridized carbons (Fsp3) is 0.632. The van der Waals surface area contributed by atoms with E-state index >= 15 is 0 Å². The Morgan fingerprint density at radius 1 is 1.23 bits per heavy atom. The van der Waals surface area contributed by atoms with Crippen molar-refractivity contribution in [2.75, 3.05) is 60.2 Å². The molecule has 1 heterocycles. The minimum atomic E-state index is 0.518. The predicted octanol–water partition coefficient (Wildman–Crippen LogP) is 1.26. The first-order valence-corrected chi connectivity index (χ1v) is 9.27. The standard InChI is InChI=1S/C19H32N4O3/c1-24-17-6-7-18(25-2)16(15-17)5-3-8-21-19(20)22-9-4-10-23-11-13-26-14-12-23/h6-7,15H,3-5,8-14H2,1-2H3,(H3,20,21,22). The van der Waals surface area contributed by atoms with Gasteiger partial charge in [-0.2, -0.15) is 0 Å². The molecule has 1 fully saturated rings. The van der Waals surface area contributed by atoms with Crippen LogP contribution in [0.2, 0.25) is 0 Å². The predicted molar refractivity (Wildman–Crippen MR) is 104 cm³/mol. The van der Waals surface area contributed by atoms with Crippen LogP contribution in [0.25, 0.3) is 0 Å². The van der Waals surface area contributed by atoms with Crippen LogP contribution in [-0.2, 0) is 11.2 Å². The zero-order valence-corrected chi connectivity index (χ0v) is 16.0. The normalized spacial score (nSPS) is 15.7. The summed E-state index contributed by atoms with van der Waals surface area (Å²) in [6.07, 6.45) is 2.82. The van der Waals surface area contributed by atoms with E-state index in [9.17, 15) is 0 Å². The molecular formula is C19H32N4O3. The van der Waals surface area contributed by atoms with Gasteiger partial charge in [0.15, 0.2) is 5.96 Å². The number of benzene rings is 1. The van der Waals surface area contributed by atoms with Crippen LogP contribution in [-0.4, -0.2) is 71.0 Å². The number of guanidine groups is 1. The van der Waals surface area contributed by atoms with Crippen molar-refractivity contribution < 1.29 is 14.2 Å². The van der Waals surface area contributed by atoms with Gasteiger partial charge in [-0.15, -0.1) is 0 Å². The second kappa shape index (κ2) is 11.6. The number of morpholine rings is 1. The molecule has 0 bridgehead atoms. The SMILES string of the molecule is COc1ccc(OC)c(CCCN=C(N)NCCCN2CCOCC2)c1. The maximum absolute atomic E-state index is 5.93. The van der Waals surface area contributed by atoms with Crippen LogP contribution in [0.4, 0.5) is 0 Å². The van der Waals surface area contributed by atoms with Crippen molar-refractivity contribution in [2.45, 2.75) is 19.3 Å². The van der Waals surface area contributed by atoms with E-state index in [1.807, 2.05) is 18.2 Å². The van der Waals surface area contributed by atoms with Crippen LogP contribution in [0.5, 0.6) is 11.5 Å². The van der Waals surface area contributed by atoms with E-state index in [-0.39, 0.29) is 0 Å². The van der Waals surface area contributed by atoms with Gasteiger partial charge in [0.05, 0.1) is 27.4 Å². The Balaban J connectivity index is 1.63. The number of methoxy groups -OCH3 is 2. The van der Waals surface area contributed by atoms with Gasteiger partial charge in [-0.25, -0.2) is 0 Å². The summed E-state index contributed by atoms with van der Waals surface area (Å²) in [5.41, 5.74) is 7.06. The number of nitrogens with zero attached hydrogens (tertiary/aromatic N) is 2. The first-order chi connectivity index (χ1) is 12.7. The summed E-state index contributed by atoms with van der Waals surface area (Å²) in [6.45, 7) is 6.33. The fourth-order valence-corrected chi connectivity index (χ4v) is 2.95. The minimum absolute atomic E-state index is 0.518. The van der Waals surface area contributed by atoms with E-state index in [2.05, 4.69) is 15.2 Å². The number of hydrogen-bond donors (Lipinski definition) is 2. The molecule has 7 nitrogen and oxygen atoms in total. The summed E-state index contributed by atoms with van der Waals surface area (Å²) >= 11 is 0. The average molecular weight is 364 g/mol. The van der Waals surface area contributed by atoms with Gasteiger partial charge >= 0.3 is 0 Å². The average Bonchev–Trinajstić information content (AvgIpc) is 2.69. The fourth-order valence-electron chi connectivity index (χ4n) is 2.95. The first kappa shape index (κ1) is 20.3. The molecule has 1 aliphatic rings. The second-order valence-corrected chi connectivity index (χ2v) is 6.28. The highest BCUT2D eigenvalue weighted by Crippen LogP contribution is 2.24. The summed E-state index contributed by atoms with van der Waals surface area (Å²) in [7, 11) is 3.35. The lowest BCUT2D eigenvalue weighted by Gasteiger charge is -2.26. The van der Waals surface area contributed by atoms with Crippen LogP contribution >= 0.6 is 0 Å². The van der Waals surface area contributed by atoms with E-state index < -0.39 is 0 Å². The molecule has 3 N–H and O–H groups in total. The molecule has 0 spiro atoms. The topological polar surface area (TPSA) is 81.3 Å². The van der Waals surface area contributed by atoms with E-state index in [0.29, 0.717) is 12.5 Å². The Bertz CT molecular complexity index is 560. The molecule has 0 atom stereocenters. The summed E-state index contributed by atoms with van der Waals surface area (Å²) in [6, 6.07) is 5.84. The summed E-state index contributed by atoms with van der Waals surface area (Å²) in [4.78, 5) is 6.82. The Morgan fingerprint density at radius 3 is 2.77 bits per heavy atom.